The summed E-state index contributed by atoms with van der Waals surface area (Å²) in [6.45, 7) is 10.7. The van der Waals surface area contributed by atoms with Gasteiger partial charge in [0.25, 0.3) is 0 Å². The van der Waals surface area contributed by atoms with E-state index in [4.69, 9.17) is 10.5 Å². The lowest BCUT2D eigenvalue weighted by Crippen LogP contribution is -2.43. The standard InChI is InChI=1S/C14H27NO/c1-6-12(15)13(16-5)10-8-7-9-11(10)14(2,3)4/h6,10-13H,1,7-9,15H2,2-5H3. The first-order valence-corrected chi connectivity index (χ1v) is 6.32. The molecule has 1 aliphatic rings. The second-order valence-electron chi connectivity index (χ2n) is 6.08. The Morgan fingerprint density at radius 3 is 2.44 bits per heavy atom. The zero-order valence-corrected chi connectivity index (χ0v) is 11.2. The third-order valence-electron chi connectivity index (χ3n) is 4.03. The number of ether oxygens (including phenoxy) is 1. The topological polar surface area (TPSA) is 35.2 Å². The molecule has 4 unspecified atom stereocenters. The Morgan fingerprint density at radius 1 is 1.38 bits per heavy atom. The SMILES string of the molecule is C=CC(N)C(OC)C1CCCC1C(C)(C)C. The second kappa shape index (κ2) is 5.33. The maximum atomic E-state index is 6.07. The number of hydrogen-bond donors (Lipinski definition) is 1. The molecule has 4 atom stereocenters. The number of hydrogen-bond acceptors (Lipinski definition) is 2. The Balaban J connectivity index is 2.80. The molecule has 0 aliphatic heterocycles. The lowest BCUT2D eigenvalue weighted by molar-refractivity contribution is 0.00463. The minimum atomic E-state index is -0.0436. The quantitative estimate of drug-likeness (QED) is 0.747. The minimum absolute atomic E-state index is 0.0436. The van der Waals surface area contributed by atoms with Crippen LogP contribution in [-0.2, 0) is 4.74 Å². The van der Waals surface area contributed by atoms with E-state index in [-0.39, 0.29) is 12.1 Å². The molecule has 0 radical (unpaired) electrons. The summed E-state index contributed by atoms with van der Waals surface area (Å²) in [6, 6.07) is -0.0436. The van der Waals surface area contributed by atoms with Crippen molar-refractivity contribution in [2.75, 3.05) is 7.11 Å². The van der Waals surface area contributed by atoms with Crippen LogP contribution in [0.3, 0.4) is 0 Å². The molecule has 94 valence electrons. The monoisotopic (exact) mass is 225 g/mol. The summed E-state index contributed by atoms with van der Waals surface area (Å²) in [5.74, 6) is 1.29. The summed E-state index contributed by atoms with van der Waals surface area (Å²) >= 11 is 0. The second-order valence-corrected chi connectivity index (χ2v) is 6.08. The molecular weight excluding hydrogens is 198 g/mol. The lowest BCUT2D eigenvalue weighted by atomic mass is 9.72. The Hall–Kier alpha value is -0.340. The maximum Gasteiger partial charge on any atom is 0.0788 e. The predicted molar refractivity (Wildman–Crippen MR) is 69.3 cm³/mol. The minimum Gasteiger partial charge on any atom is -0.379 e. The molecule has 2 N–H and O–H groups in total. The van der Waals surface area contributed by atoms with Gasteiger partial charge in [-0.25, -0.2) is 0 Å². The molecule has 16 heavy (non-hydrogen) atoms. The van der Waals surface area contributed by atoms with Gasteiger partial charge in [0, 0.05) is 13.2 Å². The van der Waals surface area contributed by atoms with Gasteiger partial charge in [-0.3, -0.25) is 0 Å². The van der Waals surface area contributed by atoms with Gasteiger partial charge in [-0.05, 0) is 30.1 Å². The van der Waals surface area contributed by atoms with Crippen LogP contribution in [-0.4, -0.2) is 19.3 Å². The van der Waals surface area contributed by atoms with Crippen LogP contribution in [0.4, 0.5) is 0 Å². The van der Waals surface area contributed by atoms with Crippen molar-refractivity contribution in [2.24, 2.45) is 23.0 Å². The third kappa shape index (κ3) is 2.86. The van der Waals surface area contributed by atoms with Gasteiger partial charge in [0.05, 0.1) is 6.10 Å². The van der Waals surface area contributed by atoms with Crippen LogP contribution in [0.1, 0.15) is 40.0 Å². The fourth-order valence-corrected chi connectivity index (χ4v) is 3.21. The van der Waals surface area contributed by atoms with E-state index in [9.17, 15) is 0 Å². The zero-order valence-electron chi connectivity index (χ0n) is 11.2. The van der Waals surface area contributed by atoms with Crippen LogP contribution >= 0.6 is 0 Å². The van der Waals surface area contributed by atoms with Crippen molar-refractivity contribution >= 4 is 0 Å². The van der Waals surface area contributed by atoms with Crippen LogP contribution in [0.5, 0.6) is 0 Å². The highest BCUT2D eigenvalue weighted by atomic mass is 16.5. The van der Waals surface area contributed by atoms with Gasteiger partial charge in [-0.2, -0.15) is 0 Å². The Kier molecular flexibility index (Phi) is 4.57. The molecule has 0 saturated heterocycles. The first-order chi connectivity index (χ1) is 7.41. The molecule has 0 amide bonds. The van der Waals surface area contributed by atoms with Crippen molar-refractivity contribution in [1.82, 2.24) is 0 Å². The molecule has 1 aliphatic carbocycles. The van der Waals surface area contributed by atoms with Gasteiger partial charge in [0.2, 0.25) is 0 Å². The molecule has 2 nitrogen and oxygen atoms in total. The Morgan fingerprint density at radius 2 is 2.00 bits per heavy atom. The van der Waals surface area contributed by atoms with Crippen LogP contribution < -0.4 is 5.73 Å². The Labute approximate surface area is 100 Å². The summed E-state index contributed by atoms with van der Waals surface area (Å²) in [5, 5.41) is 0. The molecule has 0 aromatic heterocycles. The summed E-state index contributed by atoms with van der Waals surface area (Å²) in [5.41, 5.74) is 6.42. The van der Waals surface area contributed by atoms with Crippen LogP contribution in [0.15, 0.2) is 12.7 Å². The van der Waals surface area contributed by atoms with Crippen LogP contribution in [0.2, 0.25) is 0 Å². The van der Waals surface area contributed by atoms with Crippen molar-refractivity contribution in [3.05, 3.63) is 12.7 Å². The highest BCUT2D eigenvalue weighted by Gasteiger charge is 2.41. The van der Waals surface area contributed by atoms with Crippen LogP contribution in [0.25, 0.3) is 0 Å². The van der Waals surface area contributed by atoms with Crippen molar-refractivity contribution in [1.29, 1.82) is 0 Å². The predicted octanol–water partition coefficient (Wildman–Crippen LogP) is 2.98. The van der Waals surface area contributed by atoms with E-state index < -0.39 is 0 Å². The fraction of sp³-hybridized carbons (Fsp3) is 0.857. The average Bonchev–Trinajstić information content (AvgIpc) is 2.67. The average molecular weight is 225 g/mol. The van der Waals surface area contributed by atoms with Crippen molar-refractivity contribution in [3.8, 4) is 0 Å². The molecule has 0 spiro atoms. The van der Waals surface area contributed by atoms with E-state index >= 15 is 0 Å². The first kappa shape index (κ1) is 13.7. The van der Waals surface area contributed by atoms with Crippen molar-refractivity contribution < 1.29 is 4.74 Å². The molecule has 1 rings (SSSR count). The van der Waals surface area contributed by atoms with Gasteiger partial charge in [0.15, 0.2) is 0 Å². The Bertz CT molecular complexity index is 231. The third-order valence-corrected chi connectivity index (χ3v) is 4.03. The van der Waals surface area contributed by atoms with E-state index in [0.29, 0.717) is 17.3 Å². The molecule has 1 saturated carbocycles. The van der Waals surface area contributed by atoms with Gasteiger partial charge in [-0.1, -0.05) is 33.3 Å². The van der Waals surface area contributed by atoms with E-state index in [2.05, 4.69) is 27.4 Å². The molecule has 0 aromatic carbocycles. The summed E-state index contributed by atoms with van der Waals surface area (Å²) in [6.07, 6.45) is 5.78. The number of methoxy groups -OCH3 is 1. The highest BCUT2D eigenvalue weighted by molar-refractivity contribution is 4.98. The summed E-state index contributed by atoms with van der Waals surface area (Å²) < 4.78 is 5.62. The zero-order chi connectivity index (χ0) is 12.3. The van der Waals surface area contributed by atoms with Crippen molar-refractivity contribution in [3.63, 3.8) is 0 Å². The van der Waals surface area contributed by atoms with Crippen LogP contribution in [0, 0.1) is 17.3 Å². The highest BCUT2D eigenvalue weighted by Crippen LogP contribution is 2.45. The van der Waals surface area contributed by atoms with E-state index in [1.165, 1.54) is 19.3 Å². The smallest absolute Gasteiger partial charge is 0.0788 e. The summed E-state index contributed by atoms with van der Waals surface area (Å²) in [4.78, 5) is 0. The normalized spacial score (nSPS) is 30.1. The van der Waals surface area contributed by atoms with E-state index in [0.717, 1.165) is 0 Å². The molecule has 0 aromatic rings. The van der Waals surface area contributed by atoms with E-state index in [1.807, 2.05) is 6.08 Å². The largest absolute Gasteiger partial charge is 0.379 e. The number of rotatable bonds is 4. The van der Waals surface area contributed by atoms with E-state index in [1.54, 1.807) is 7.11 Å². The molecular formula is C14H27NO. The summed E-state index contributed by atoms with van der Waals surface area (Å²) in [7, 11) is 1.77. The van der Waals surface area contributed by atoms with Gasteiger partial charge < -0.3 is 10.5 Å². The van der Waals surface area contributed by atoms with Gasteiger partial charge in [0.1, 0.15) is 0 Å². The van der Waals surface area contributed by atoms with Gasteiger partial charge >= 0.3 is 0 Å². The molecule has 2 heteroatoms. The molecule has 0 bridgehead atoms. The number of nitrogens with two attached hydrogens (primary N) is 1. The maximum absolute atomic E-state index is 6.07. The fourth-order valence-electron chi connectivity index (χ4n) is 3.21. The first-order valence-electron chi connectivity index (χ1n) is 6.32. The van der Waals surface area contributed by atoms with Gasteiger partial charge in [-0.15, -0.1) is 6.58 Å². The lowest BCUT2D eigenvalue weighted by Gasteiger charge is -2.37. The molecule has 1 fully saturated rings. The molecule has 0 heterocycles. The van der Waals surface area contributed by atoms with Crippen molar-refractivity contribution in [2.45, 2.75) is 52.2 Å².